The Balaban J connectivity index is 1.45. The van der Waals surface area contributed by atoms with Gasteiger partial charge in [-0.05, 0) is 52.8 Å². The van der Waals surface area contributed by atoms with E-state index in [0.29, 0.717) is 47.1 Å². The van der Waals surface area contributed by atoms with E-state index in [-0.39, 0.29) is 12.0 Å². The van der Waals surface area contributed by atoms with Crippen LogP contribution in [-0.4, -0.2) is 57.1 Å². The van der Waals surface area contributed by atoms with Crippen molar-refractivity contribution >= 4 is 23.3 Å². The van der Waals surface area contributed by atoms with Gasteiger partial charge in [0.25, 0.3) is 5.91 Å². The molecule has 3 aromatic rings. The van der Waals surface area contributed by atoms with Gasteiger partial charge in [-0.15, -0.1) is 11.3 Å². The van der Waals surface area contributed by atoms with Gasteiger partial charge >= 0.3 is 12.3 Å². The lowest BCUT2D eigenvalue weighted by atomic mass is 10.0. The van der Waals surface area contributed by atoms with Crippen molar-refractivity contribution < 1.29 is 32.2 Å². The molecule has 13 heteroatoms. The number of halogens is 3. The van der Waals surface area contributed by atoms with E-state index < -0.39 is 29.6 Å². The lowest BCUT2D eigenvalue weighted by molar-refractivity contribution is -0.145. The number of thiazole rings is 1. The number of hydrogen-bond acceptors (Lipinski definition) is 8. The van der Waals surface area contributed by atoms with E-state index in [2.05, 4.69) is 20.3 Å². The molecule has 4 rings (SSSR count). The third-order valence-electron chi connectivity index (χ3n) is 5.90. The Morgan fingerprint density at radius 2 is 1.77 bits per heavy atom. The molecule has 3 heterocycles. The molecule has 2 aromatic heterocycles. The number of carbonyl (C=O) groups excluding carboxylic acids is 2. The van der Waals surface area contributed by atoms with Crippen molar-refractivity contribution in [2.45, 2.75) is 52.4 Å². The summed E-state index contributed by atoms with van der Waals surface area (Å²) >= 11 is 1.47. The second kappa shape index (κ2) is 11.4. The molecule has 0 radical (unpaired) electrons. The van der Waals surface area contributed by atoms with Gasteiger partial charge in [0.2, 0.25) is 5.82 Å². The summed E-state index contributed by atoms with van der Waals surface area (Å²) in [7, 11) is 0. The van der Waals surface area contributed by atoms with Crippen molar-refractivity contribution in [1.82, 2.24) is 25.2 Å². The topological polar surface area (TPSA) is 107 Å². The highest BCUT2D eigenvalue weighted by atomic mass is 32.1. The lowest BCUT2D eigenvalue weighted by Crippen LogP contribution is -2.53. The molecule has 1 aromatic carbocycles. The number of carbonyl (C=O) groups is 2. The molecule has 0 bridgehead atoms. The predicted octanol–water partition coefficient (Wildman–Crippen LogP) is 5.66. The highest BCUT2D eigenvalue weighted by Gasteiger charge is 2.35. The SMILES string of the molecule is Cc1cnc(-c2cc(OCC3CN(C(=O)OC(C)(C)C)C3)cc(C(=O)N[C@H](C)c3cnc(C(F)(F)F)nc3)c2)s1. The van der Waals surface area contributed by atoms with Crippen LogP contribution in [0.1, 0.15) is 60.4 Å². The molecule has 9 nitrogen and oxygen atoms in total. The van der Waals surface area contributed by atoms with E-state index in [4.69, 9.17) is 9.47 Å². The first-order chi connectivity index (χ1) is 18.7. The van der Waals surface area contributed by atoms with Gasteiger partial charge in [0, 0.05) is 59.2 Å². The van der Waals surface area contributed by atoms with Crippen LogP contribution in [-0.2, 0) is 10.9 Å². The molecule has 2 amide bonds. The number of alkyl halides is 3. The number of ether oxygens (including phenoxy) is 2. The van der Waals surface area contributed by atoms with Gasteiger partial charge < -0.3 is 19.7 Å². The molecule has 0 spiro atoms. The van der Waals surface area contributed by atoms with E-state index in [1.54, 1.807) is 36.2 Å². The van der Waals surface area contributed by atoms with E-state index >= 15 is 0 Å². The number of aromatic nitrogens is 3. The molecule has 1 aliphatic heterocycles. The Kier molecular flexibility index (Phi) is 8.33. The number of amides is 2. The average Bonchev–Trinajstić information content (AvgIpc) is 3.27. The van der Waals surface area contributed by atoms with Crippen LogP contribution in [0.5, 0.6) is 5.75 Å². The van der Waals surface area contributed by atoms with E-state index in [9.17, 15) is 22.8 Å². The van der Waals surface area contributed by atoms with Crippen molar-refractivity contribution in [1.29, 1.82) is 0 Å². The van der Waals surface area contributed by atoms with Gasteiger partial charge in [-0.3, -0.25) is 4.79 Å². The maximum Gasteiger partial charge on any atom is 0.451 e. The summed E-state index contributed by atoms with van der Waals surface area (Å²) in [5.41, 5.74) is 0.740. The van der Waals surface area contributed by atoms with E-state index in [1.165, 1.54) is 11.3 Å². The van der Waals surface area contributed by atoms with Gasteiger partial charge in [0.05, 0.1) is 12.6 Å². The lowest BCUT2D eigenvalue weighted by Gasteiger charge is -2.39. The number of nitrogens with one attached hydrogen (secondary N) is 1. The fourth-order valence-corrected chi connectivity index (χ4v) is 4.61. The fraction of sp³-hybridized carbons (Fsp3) is 0.444. The molecule has 0 aliphatic carbocycles. The van der Waals surface area contributed by atoms with Crippen LogP contribution in [0.3, 0.4) is 0 Å². The van der Waals surface area contributed by atoms with Gasteiger partial charge in [-0.1, -0.05) is 0 Å². The summed E-state index contributed by atoms with van der Waals surface area (Å²) in [4.78, 5) is 39.1. The molecule has 1 atom stereocenters. The molecular weight excluding hydrogens is 547 g/mol. The number of benzene rings is 1. The Hall–Kier alpha value is -3.74. The molecule has 1 N–H and O–H groups in total. The fourth-order valence-electron chi connectivity index (χ4n) is 3.86. The molecule has 0 unspecified atom stereocenters. The molecule has 1 aliphatic rings. The summed E-state index contributed by atoms with van der Waals surface area (Å²) in [6.45, 7) is 10.3. The van der Waals surface area contributed by atoms with Gasteiger partial charge in [-0.25, -0.2) is 19.7 Å². The first kappa shape index (κ1) is 29.2. The van der Waals surface area contributed by atoms with Crippen molar-refractivity contribution in [2.75, 3.05) is 19.7 Å². The summed E-state index contributed by atoms with van der Waals surface area (Å²) in [6, 6.07) is 4.43. The first-order valence-corrected chi connectivity index (χ1v) is 13.4. The van der Waals surface area contributed by atoms with E-state index in [0.717, 1.165) is 17.3 Å². The third-order valence-corrected chi connectivity index (χ3v) is 6.87. The van der Waals surface area contributed by atoms with Crippen LogP contribution >= 0.6 is 11.3 Å². The van der Waals surface area contributed by atoms with Gasteiger partial charge in [0.1, 0.15) is 16.4 Å². The van der Waals surface area contributed by atoms with Gasteiger partial charge in [0.15, 0.2) is 0 Å². The van der Waals surface area contributed by atoms with Crippen molar-refractivity contribution in [3.8, 4) is 16.3 Å². The van der Waals surface area contributed by atoms with Crippen molar-refractivity contribution in [3.63, 3.8) is 0 Å². The first-order valence-electron chi connectivity index (χ1n) is 12.6. The smallest absolute Gasteiger partial charge is 0.451 e. The maximum atomic E-state index is 13.2. The molecule has 1 saturated heterocycles. The molecule has 1 fully saturated rings. The second-order valence-corrected chi connectivity index (χ2v) is 11.9. The van der Waals surface area contributed by atoms with Crippen molar-refractivity contribution in [2.24, 2.45) is 5.92 Å². The Morgan fingerprint density at radius 1 is 1.10 bits per heavy atom. The summed E-state index contributed by atoms with van der Waals surface area (Å²) in [5.74, 6) is -1.14. The van der Waals surface area contributed by atoms with Crippen LogP contribution < -0.4 is 10.1 Å². The monoisotopic (exact) mass is 577 g/mol. The number of likely N-dealkylation sites (tertiary alicyclic amines) is 1. The molecule has 214 valence electrons. The Bertz CT molecular complexity index is 1370. The minimum absolute atomic E-state index is 0.107. The maximum absolute atomic E-state index is 13.2. The number of rotatable bonds is 7. The highest BCUT2D eigenvalue weighted by Crippen LogP contribution is 2.31. The largest absolute Gasteiger partial charge is 0.493 e. The predicted molar refractivity (Wildman–Crippen MR) is 142 cm³/mol. The quantitative estimate of drug-likeness (QED) is 0.386. The summed E-state index contributed by atoms with van der Waals surface area (Å²) in [6.07, 6.45) is -1.19. The average molecular weight is 578 g/mol. The van der Waals surface area contributed by atoms with Crippen molar-refractivity contribution in [3.05, 3.63) is 58.6 Å². The number of aryl methyl sites for hydroxylation is 1. The number of hydrogen-bond donors (Lipinski definition) is 1. The minimum atomic E-state index is -4.65. The van der Waals surface area contributed by atoms with Gasteiger partial charge in [-0.2, -0.15) is 13.2 Å². The Morgan fingerprint density at radius 3 is 2.35 bits per heavy atom. The minimum Gasteiger partial charge on any atom is -0.493 e. The van der Waals surface area contributed by atoms with Crippen LogP contribution in [0.15, 0.2) is 36.8 Å². The molecule has 0 saturated carbocycles. The van der Waals surface area contributed by atoms with Crippen LogP contribution in [0.4, 0.5) is 18.0 Å². The number of nitrogens with zero attached hydrogens (tertiary/aromatic N) is 4. The highest BCUT2D eigenvalue weighted by molar-refractivity contribution is 7.14. The standard InChI is InChI=1S/C27H30F3N5O4S/c1-15-9-31-23(40-15)19-6-18(22(36)34-16(2)20-10-32-24(33-11-20)27(28,29)30)7-21(8-19)38-14-17-12-35(13-17)25(37)39-26(3,4)5/h6-11,16-17H,12-14H2,1-5H3,(H,34,36)/t16-/m1/s1. The van der Waals surface area contributed by atoms with Crippen LogP contribution in [0, 0.1) is 12.8 Å². The third kappa shape index (κ3) is 7.46. The Labute approximate surface area is 233 Å². The van der Waals surface area contributed by atoms with Crippen LogP contribution in [0.2, 0.25) is 0 Å². The van der Waals surface area contributed by atoms with Crippen LogP contribution in [0.25, 0.3) is 10.6 Å². The molecule has 40 heavy (non-hydrogen) atoms. The zero-order valence-electron chi connectivity index (χ0n) is 22.7. The normalized spacial score (nSPS) is 14.8. The zero-order chi connectivity index (χ0) is 29.2. The summed E-state index contributed by atoms with van der Waals surface area (Å²) < 4.78 is 49.8. The second-order valence-electron chi connectivity index (χ2n) is 10.6. The van der Waals surface area contributed by atoms with E-state index in [1.807, 2.05) is 27.7 Å². The summed E-state index contributed by atoms with van der Waals surface area (Å²) in [5, 5.41) is 3.48. The molecular formula is C27H30F3N5O4S. The zero-order valence-corrected chi connectivity index (χ0v) is 23.5.